The minimum Gasteiger partial charge on any atom is -0.495 e. The molecule has 132 valence electrons. The number of anilines is 1. The second kappa shape index (κ2) is 6.88. The lowest BCUT2D eigenvalue weighted by molar-refractivity contribution is -0.142. The van der Waals surface area contributed by atoms with E-state index in [-0.39, 0.29) is 30.2 Å². The number of ether oxygens (including phenoxy) is 1. The number of halogens is 1. The van der Waals surface area contributed by atoms with Gasteiger partial charge in [0.1, 0.15) is 12.3 Å². The zero-order valence-corrected chi connectivity index (χ0v) is 14.8. The van der Waals surface area contributed by atoms with Gasteiger partial charge in [0.25, 0.3) is 0 Å². The monoisotopic (exact) mass is 362 g/mol. The normalized spacial score (nSPS) is 22.1. The van der Waals surface area contributed by atoms with Gasteiger partial charge >= 0.3 is 0 Å². The summed E-state index contributed by atoms with van der Waals surface area (Å²) < 4.78 is 5.22. The quantitative estimate of drug-likeness (QED) is 0.659. The van der Waals surface area contributed by atoms with Crippen LogP contribution in [0.1, 0.15) is 18.4 Å². The van der Waals surface area contributed by atoms with Crippen molar-refractivity contribution in [3.8, 4) is 5.75 Å². The SMILES string of the molecule is COc1cc(Cl)c(C)cc1NC(=O)CN1C(=O)[C@H]2CC=CC[C@H]2C1=O. The second-order valence-electron chi connectivity index (χ2n) is 6.27. The number of rotatable bonds is 4. The molecule has 25 heavy (non-hydrogen) atoms. The summed E-state index contributed by atoms with van der Waals surface area (Å²) in [5.74, 6) is -1.24. The molecule has 1 aromatic carbocycles. The molecular formula is C18H19ClN2O4. The Labute approximate surface area is 150 Å². The molecule has 0 spiro atoms. The summed E-state index contributed by atoms with van der Waals surface area (Å²) in [6, 6.07) is 3.30. The van der Waals surface area contributed by atoms with E-state index >= 15 is 0 Å². The fourth-order valence-electron chi connectivity index (χ4n) is 3.29. The van der Waals surface area contributed by atoms with Crippen molar-refractivity contribution in [3.63, 3.8) is 0 Å². The smallest absolute Gasteiger partial charge is 0.244 e. The molecule has 3 rings (SSSR count). The summed E-state index contributed by atoms with van der Waals surface area (Å²) in [5.41, 5.74) is 1.23. The van der Waals surface area contributed by atoms with E-state index in [0.717, 1.165) is 10.5 Å². The number of fused-ring (bicyclic) bond motifs is 1. The number of allylic oxidation sites excluding steroid dienone is 2. The zero-order chi connectivity index (χ0) is 18.1. The average molecular weight is 363 g/mol. The average Bonchev–Trinajstić information content (AvgIpc) is 2.83. The van der Waals surface area contributed by atoms with Crippen LogP contribution >= 0.6 is 11.6 Å². The lowest BCUT2D eigenvalue weighted by Gasteiger charge is -2.16. The standard InChI is InChI=1S/C18H19ClN2O4/c1-10-7-14(15(25-2)8-13(10)19)20-16(22)9-21-17(23)11-5-3-4-6-12(11)18(21)24/h3-4,7-8,11-12H,5-6,9H2,1-2H3,(H,20,22)/t11-,12+. The van der Waals surface area contributed by atoms with Gasteiger partial charge in [0.15, 0.2) is 0 Å². The van der Waals surface area contributed by atoms with Crippen molar-refractivity contribution >= 4 is 35.0 Å². The maximum atomic E-state index is 12.4. The first-order valence-electron chi connectivity index (χ1n) is 8.06. The van der Waals surface area contributed by atoms with E-state index in [0.29, 0.717) is 29.3 Å². The van der Waals surface area contributed by atoms with Crippen LogP contribution in [-0.2, 0) is 14.4 Å². The number of amides is 3. The molecule has 1 heterocycles. The third-order valence-corrected chi connectivity index (χ3v) is 5.06. The van der Waals surface area contributed by atoms with E-state index in [2.05, 4.69) is 5.32 Å². The predicted molar refractivity (Wildman–Crippen MR) is 93.4 cm³/mol. The topological polar surface area (TPSA) is 75.7 Å². The van der Waals surface area contributed by atoms with Gasteiger partial charge in [0.2, 0.25) is 17.7 Å². The first-order valence-corrected chi connectivity index (χ1v) is 8.44. The number of aryl methyl sites for hydroxylation is 1. The number of imide groups is 1. The number of hydrogen-bond acceptors (Lipinski definition) is 4. The van der Waals surface area contributed by atoms with E-state index < -0.39 is 5.91 Å². The van der Waals surface area contributed by atoms with E-state index in [1.54, 1.807) is 12.1 Å². The fraction of sp³-hybridized carbons (Fsp3) is 0.389. The van der Waals surface area contributed by atoms with Crippen molar-refractivity contribution in [2.24, 2.45) is 11.8 Å². The number of hydrogen-bond donors (Lipinski definition) is 1. The first-order chi connectivity index (χ1) is 11.9. The van der Waals surface area contributed by atoms with Crippen LogP contribution in [0, 0.1) is 18.8 Å². The molecular weight excluding hydrogens is 344 g/mol. The molecule has 2 aliphatic rings. The Kier molecular flexibility index (Phi) is 4.81. The number of nitrogens with zero attached hydrogens (tertiary/aromatic N) is 1. The highest BCUT2D eigenvalue weighted by Gasteiger charge is 2.47. The van der Waals surface area contributed by atoms with Crippen LogP contribution in [0.3, 0.4) is 0 Å². The molecule has 1 saturated heterocycles. The van der Waals surface area contributed by atoms with Crippen LogP contribution < -0.4 is 10.1 Å². The van der Waals surface area contributed by atoms with Crippen molar-refractivity contribution in [2.45, 2.75) is 19.8 Å². The predicted octanol–water partition coefficient (Wildman–Crippen LogP) is 2.55. The molecule has 0 bridgehead atoms. The number of benzene rings is 1. The Morgan fingerprint density at radius 3 is 2.40 bits per heavy atom. The molecule has 1 aliphatic carbocycles. The number of likely N-dealkylation sites (tertiary alicyclic amines) is 1. The summed E-state index contributed by atoms with van der Waals surface area (Å²) in [5, 5.41) is 3.22. The molecule has 0 unspecified atom stereocenters. The van der Waals surface area contributed by atoms with Gasteiger partial charge in [-0.25, -0.2) is 0 Å². The van der Waals surface area contributed by atoms with Crippen molar-refractivity contribution in [2.75, 3.05) is 19.0 Å². The molecule has 0 saturated carbocycles. The molecule has 3 amide bonds. The Morgan fingerprint density at radius 2 is 1.84 bits per heavy atom. The molecule has 1 aliphatic heterocycles. The van der Waals surface area contributed by atoms with Gasteiger partial charge < -0.3 is 10.1 Å². The Bertz CT molecular complexity index is 749. The van der Waals surface area contributed by atoms with E-state index in [9.17, 15) is 14.4 Å². The molecule has 7 heteroatoms. The minimum atomic E-state index is -0.451. The van der Waals surface area contributed by atoms with Gasteiger partial charge in [-0.15, -0.1) is 0 Å². The Hall–Kier alpha value is -2.34. The molecule has 1 fully saturated rings. The van der Waals surface area contributed by atoms with Crippen LogP contribution in [0.2, 0.25) is 5.02 Å². The highest BCUT2D eigenvalue weighted by atomic mass is 35.5. The van der Waals surface area contributed by atoms with Crippen LogP contribution in [-0.4, -0.2) is 36.3 Å². The van der Waals surface area contributed by atoms with Gasteiger partial charge in [-0.2, -0.15) is 0 Å². The number of carbonyl (C=O) groups is 3. The van der Waals surface area contributed by atoms with E-state index in [1.807, 2.05) is 19.1 Å². The van der Waals surface area contributed by atoms with Crippen LogP contribution in [0.4, 0.5) is 5.69 Å². The maximum Gasteiger partial charge on any atom is 0.244 e. The second-order valence-corrected chi connectivity index (χ2v) is 6.68. The molecule has 0 aromatic heterocycles. The summed E-state index contributed by atoms with van der Waals surface area (Å²) in [7, 11) is 1.47. The van der Waals surface area contributed by atoms with Crippen molar-refractivity contribution in [1.29, 1.82) is 0 Å². The largest absolute Gasteiger partial charge is 0.495 e. The van der Waals surface area contributed by atoms with Gasteiger partial charge in [-0.05, 0) is 31.4 Å². The van der Waals surface area contributed by atoms with Crippen molar-refractivity contribution in [3.05, 3.63) is 34.9 Å². The summed E-state index contributed by atoms with van der Waals surface area (Å²) in [6.45, 7) is 1.51. The molecule has 6 nitrogen and oxygen atoms in total. The van der Waals surface area contributed by atoms with Crippen molar-refractivity contribution < 1.29 is 19.1 Å². The number of carbonyl (C=O) groups excluding carboxylic acids is 3. The fourth-order valence-corrected chi connectivity index (χ4v) is 3.44. The van der Waals surface area contributed by atoms with E-state index in [4.69, 9.17) is 16.3 Å². The number of methoxy groups -OCH3 is 1. The third-order valence-electron chi connectivity index (χ3n) is 4.66. The number of nitrogens with one attached hydrogen (secondary N) is 1. The first kappa shape index (κ1) is 17.5. The van der Waals surface area contributed by atoms with Gasteiger partial charge in [0.05, 0.1) is 24.6 Å². The van der Waals surface area contributed by atoms with Gasteiger partial charge in [-0.1, -0.05) is 23.8 Å². The summed E-state index contributed by atoms with van der Waals surface area (Å²) >= 11 is 6.05. The Morgan fingerprint density at radius 1 is 1.24 bits per heavy atom. The maximum absolute atomic E-state index is 12.4. The lowest BCUT2D eigenvalue weighted by Crippen LogP contribution is -2.38. The molecule has 2 atom stereocenters. The molecule has 1 aromatic rings. The lowest BCUT2D eigenvalue weighted by atomic mass is 9.85. The Balaban J connectivity index is 1.72. The third kappa shape index (κ3) is 3.26. The highest BCUT2D eigenvalue weighted by Crippen LogP contribution is 2.35. The van der Waals surface area contributed by atoms with E-state index in [1.165, 1.54) is 7.11 Å². The highest BCUT2D eigenvalue weighted by molar-refractivity contribution is 6.31. The van der Waals surface area contributed by atoms with Crippen LogP contribution in [0.5, 0.6) is 5.75 Å². The molecule has 1 N–H and O–H groups in total. The van der Waals surface area contributed by atoms with Crippen LogP contribution in [0.25, 0.3) is 0 Å². The van der Waals surface area contributed by atoms with Crippen LogP contribution in [0.15, 0.2) is 24.3 Å². The molecule has 0 radical (unpaired) electrons. The minimum absolute atomic E-state index is 0.270. The summed E-state index contributed by atoms with van der Waals surface area (Å²) in [6.07, 6.45) is 4.93. The van der Waals surface area contributed by atoms with Crippen molar-refractivity contribution in [1.82, 2.24) is 4.90 Å². The van der Waals surface area contributed by atoms with Gasteiger partial charge in [-0.3, -0.25) is 19.3 Å². The summed E-state index contributed by atoms with van der Waals surface area (Å²) in [4.78, 5) is 38.2. The van der Waals surface area contributed by atoms with Gasteiger partial charge in [0, 0.05) is 11.1 Å². The zero-order valence-electron chi connectivity index (χ0n) is 14.0.